The van der Waals surface area contributed by atoms with E-state index in [0.717, 1.165) is 11.0 Å². The highest BCUT2D eigenvalue weighted by Gasteiger charge is 2.52. The predicted molar refractivity (Wildman–Crippen MR) is 82.9 cm³/mol. The van der Waals surface area contributed by atoms with Crippen molar-refractivity contribution in [2.24, 2.45) is 0 Å². The van der Waals surface area contributed by atoms with E-state index in [4.69, 9.17) is 14.0 Å². The number of methoxy groups -OCH3 is 1. The molecule has 0 atom stereocenters. The zero-order valence-corrected chi connectivity index (χ0v) is 13.6. The fraction of sp³-hybridized carbons (Fsp3) is 0.562. The molecule has 1 aliphatic rings. The lowest BCUT2D eigenvalue weighted by Gasteiger charge is -2.32. The summed E-state index contributed by atoms with van der Waals surface area (Å²) in [5, 5.41) is 0. The second-order valence-electron chi connectivity index (χ2n) is 6.31. The van der Waals surface area contributed by atoms with Gasteiger partial charge in [-0.15, -0.1) is 0 Å². The van der Waals surface area contributed by atoms with Crippen molar-refractivity contribution in [1.29, 1.82) is 0 Å². The second kappa shape index (κ2) is 5.46. The monoisotopic (exact) mass is 290 g/mol. The maximum absolute atomic E-state index is 11.9. The van der Waals surface area contributed by atoms with Crippen molar-refractivity contribution >= 4 is 18.6 Å². The lowest BCUT2D eigenvalue weighted by Crippen LogP contribution is -2.41. The quantitative estimate of drug-likeness (QED) is 0.633. The molecule has 2 rings (SSSR count). The van der Waals surface area contributed by atoms with Gasteiger partial charge in [0.15, 0.2) is 0 Å². The Labute approximate surface area is 126 Å². The van der Waals surface area contributed by atoms with Crippen LogP contribution in [0.5, 0.6) is 0 Å². The summed E-state index contributed by atoms with van der Waals surface area (Å²) in [7, 11) is 0.929. The van der Waals surface area contributed by atoms with E-state index in [-0.39, 0.29) is 5.97 Å². The summed E-state index contributed by atoms with van der Waals surface area (Å²) in [6.07, 6.45) is 0.713. The highest BCUT2D eigenvalue weighted by atomic mass is 16.7. The van der Waals surface area contributed by atoms with Crippen LogP contribution in [-0.2, 0) is 20.5 Å². The summed E-state index contributed by atoms with van der Waals surface area (Å²) in [6, 6.07) is 5.57. The molecule has 1 aliphatic heterocycles. The first-order valence-electron chi connectivity index (χ1n) is 7.29. The molecule has 0 amide bonds. The summed E-state index contributed by atoms with van der Waals surface area (Å²) in [6.45, 7) is 10.1. The molecule has 0 saturated carbocycles. The predicted octanol–water partition coefficient (Wildman–Crippen LogP) is 2.33. The molecule has 114 valence electrons. The van der Waals surface area contributed by atoms with Crippen LogP contribution in [0.15, 0.2) is 18.2 Å². The van der Waals surface area contributed by atoms with Gasteiger partial charge in [-0.2, -0.15) is 0 Å². The number of hydrogen-bond donors (Lipinski definition) is 0. The summed E-state index contributed by atoms with van der Waals surface area (Å²) >= 11 is 0. The Kier molecular flexibility index (Phi) is 4.18. The van der Waals surface area contributed by atoms with Crippen LogP contribution in [0.2, 0.25) is 0 Å². The Balaban J connectivity index is 2.44. The highest BCUT2D eigenvalue weighted by Crippen LogP contribution is 2.36. The molecule has 1 fully saturated rings. The number of carbonyl (C=O) groups is 1. The Morgan fingerprint density at radius 3 is 2.24 bits per heavy atom. The standard InChI is InChI=1S/C16H23BO4/c1-7-11-12(14(18)19-6)9-8-10-13(11)17-20-15(2,3)16(4,5)21-17/h8-10H,7H2,1-6H3. The Bertz CT molecular complexity index is 535. The van der Waals surface area contributed by atoms with Crippen LogP contribution in [0.1, 0.15) is 50.5 Å². The van der Waals surface area contributed by atoms with Crippen LogP contribution in [-0.4, -0.2) is 31.4 Å². The molecule has 5 heteroatoms. The third-order valence-corrected chi connectivity index (χ3v) is 4.48. The molecule has 21 heavy (non-hydrogen) atoms. The van der Waals surface area contributed by atoms with E-state index in [2.05, 4.69) is 0 Å². The van der Waals surface area contributed by atoms with Crippen LogP contribution < -0.4 is 5.46 Å². The maximum Gasteiger partial charge on any atom is 0.495 e. The SMILES string of the molecule is CCc1c(B2OC(C)(C)C(C)(C)O2)cccc1C(=O)OC. The Morgan fingerprint density at radius 1 is 1.19 bits per heavy atom. The van der Waals surface area contributed by atoms with Gasteiger partial charge in [0.05, 0.1) is 23.9 Å². The molecular formula is C16H23BO4. The lowest BCUT2D eigenvalue weighted by molar-refractivity contribution is 0.00578. The van der Waals surface area contributed by atoms with Gasteiger partial charge in [0.25, 0.3) is 0 Å². The van der Waals surface area contributed by atoms with Gasteiger partial charge in [-0.05, 0) is 51.2 Å². The molecule has 1 aromatic rings. The number of rotatable bonds is 3. The molecule has 0 N–H and O–H groups in total. The minimum Gasteiger partial charge on any atom is -0.465 e. The third-order valence-electron chi connectivity index (χ3n) is 4.48. The van der Waals surface area contributed by atoms with Gasteiger partial charge in [0.2, 0.25) is 0 Å². The zero-order valence-electron chi connectivity index (χ0n) is 13.6. The molecule has 0 aromatic heterocycles. The van der Waals surface area contributed by atoms with Crippen LogP contribution in [0.4, 0.5) is 0 Å². The molecule has 0 aliphatic carbocycles. The van der Waals surface area contributed by atoms with Gasteiger partial charge in [0, 0.05) is 0 Å². The van der Waals surface area contributed by atoms with E-state index in [9.17, 15) is 4.79 Å². The number of benzene rings is 1. The normalized spacial score (nSPS) is 19.6. The third kappa shape index (κ3) is 2.72. The smallest absolute Gasteiger partial charge is 0.465 e. The van der Waals surface area contributed by atoms with Crippen LogP contribution in [0.25, 0.3) is 0 Å². The summed E-state index contributed by atoms with van der Waals surface area (Å²) in [4.78, 5) is 11.9. The minimum absolute atomic E-state index is 0.329. The summed E-state index contributed by atoms with van der Waals surface area (Å²) in [5.41, 5.74) is 1.60. The first kappa shape index (κ1) is 16.1. The van der Waals surface area contributed by atoms with Gasteiger partial charge < -0.3 is 14.0 Å². The van der Waals surface area contributed by atoms with Crippen LogP contribution in [0.3, 0.4) is 0 Å². The molecule has 1 aromatic carbocycles. The highest BCUT2D eigenvalue weighted by molar-refractivity contribution is 6.62. The van der Waals surface area contributed by atoms with E-state index < -0.39 is 18.3 Å². The average Bonchev–Trinajstić information content (AvgIpc) is 2.65. The first-order valence-corrected chi connectivity index (χ1v) is 7.29. The van der Waals surface area contributed by atoms with Gasteiger partial charge in [0.1, 0.15) is 0 Å². The molecule has 0 spiro atoms. The van der Waals surface area contributed by atoms with Crippen molar-refractivity contribution in [3.63, 3.8) is 0 Å². The molecule has 0 radical (unpaired) electrons. The van der Waals surface area contributed by atoms with E-state index >= 15 is 0 Å². The van der Waals surface area contributed by atoms with Gasteiger partial charge in [-0.25, -0.2) is 4.79 Å². The first-order chi connectivity index (χ1) is 9.73. The second-order valence-corrected chi connectivity index (χ2v) is 6.31. The van der Waals surface area contributed by atoms with Gasteiger partial charge >= 0.3 is 13.1 Å². The largest absolute Gasteiger partial charge is 0.495 e. The number of ether oxygens (including phenoxy) is 1. The number of hydrogen-bond acceptors (Lipinski definition) is 4. The lowest BCUT2D eigenvalue weighted by atomic mass is 9.74. The number of carbonyl (C=O) groups excluding carboxylic acids is 1. The Hall–Kier alpha value is -1.33. The fourth-order valence-electron chi connectivity index (χ4n) is 2.49. The molecule has 0 unspecified atom stereocenters. The Morgan fingerprint density at radius 2 is 1.76 bits per heavy atom. The molecule has 0 bridgehead atoms. The number of esters is 1. The van der Waals surface area contributed by atoms with Gasteiger partial charge in [-0.1, -0.05) is 19.1 Å². The van der Waals surface area contributed by atoms with Crippen molar-refractivity contribution in [3.05, 3.63) is 29.3 Å². The molecule has 4 nitrogen and oxygen atoms in total. The van der Waals surface area contributed by atoms with Crippen LogP contribution in [0, 0.1) is 0 Å². The zero-order chi connectivity index (χ0) is 15.8. The molecule has 1 saturated heterocycles. The van der Waals surface area contributed by atoms with E-state index in [1.807, 2.05) is 46.8 Å². The maximum atomic E-state index is 11.9. The van der Waals surface area contributed by atoms with Crippen molar-refractivity contribution < 1.29 is 18.8 Å². The van der Waals surface area contributed by atoms with Crippen molar-refractivity contribution in [2.45, 2.75) is 52.2 Å². The molecule has 1 heterocycles. The van der Waals surface area contributed by atoms with E-state index in [0.29, 0.717) is 12.0 Å². The summed E-state index contributed by atoms with van der Waals surface area (Å²) in [5.74, 6) is -0.329. The fourth-order valence-corrected chi connectivity index (χ4v) is 2.49. The van der Waals surface area contributed by atoms with Crippen molar-refractivity contribution in [3.8, 4) is 0 Å². The average molecular weight is 290 g/mol. The topological polar surface area (TPSA) is 44.8 Å². The van der Waals surface area contributed by atoms with E-state index in [1.54, 1.807) is 6.07 Å². The molecular weight excluding hydrogens is 267 g/mol. The van der Waals surface area contributed by atoms with Crippen molar-refractivity contribution in [1.82, 2.24) is 0 Å². The summed E-state index contributed by atoms with van der Waals surface area (Å²) < 4.78 is 17.0. The minimum atomic E-state index is -0.463. The van der Waals surface area contributed by atoms with Crippen LogP contribution >= 0.6 is 0 Å². The van der Waals surface area contributed by atoms with Gasteiger partial charge in [-0.3, -0.25) is 0 Å². The van der Waals surface area contributed by atoms with Crippen molar-refractivity contribution in [2.75, 3.05) is 7.11 Å². The van der Waals surface area contributed by atoms with E-state index in [1.165, 1.54) is 7.11 Å².